The lowest BCUT2D eigenvalue weighted by molar-refractivity contribution is 0.457. The quantitative estimate of drug-likeness (QED) is 0.681. The number of hydrogen-bond acceptors (Lipinski definition) is 4. The Morgan fingerprint density at radius 1 is 1.10 bits per heavy atom. The Morgan fingerprint density at radius 3 is 2.45 bits per heavy atom. The van der Waals surface area contributed by atoms with Crippen molar-refractivity contribution in [2.75, 3.05) is 11.4 Å². The van der Waals surface area contributed by atoms with Crippen LogP contribution in [0, 0.1) is 19.8 Å². The maximum Gasteiger partial charge on any atom is 0.332 e. The zero-order valence-electron chi connectivity index (χ0n) is 17.9. The molecule has 4 rings (SSSR count). The number of imidazole rings is 1. The minimum atomic E-state index is -0.294. The average molecular weight is 396 g/mol. The third kappa shape index (κ3) is 3.18. The van der Waals surface area contributed by atoms with Gasteiger partial charge in [0.25, 0.3) is 5.56 Å². The summed E-state index contributed by atoms with van der Waals surface area (Å²) in [7, 11) is 1.70. The molecular formula is C22H29N5O2. The van der Waals surface area contributed by atoms with Gasteiger partial charge in [-0.05, 0) is 49.4 Å². The lowest BCUT2D eigenvalue weighted by atomic mass is 10.1. The van der Waals surface area contributed by atoms with E-state index in [1.165, 1.54) is 20.3 Å². The summed E-state index contributed by atoms with van der Waals surface area (Å²) in [5.41, 5.74) is 3.92. The molecule has 3 aromatic rings. The first kappa shape index (κ1) is 19.5. The van der Waals surface area contributed by atoms with Crippen LogP contribution >= 0.6 is 0 Å². The van der Waals surface area contributed by atoms with Gasteiger partial charge in [-0.25, -0.2) is 4.79 Å². The fourth-order valence-corrected chi connectivity index (χ4v) is 4.34. The van der Waals surface area contributed by atoms with Gasteiger partial charge in [0, 0.05) is 32.4 Å². The second-order valence-corrected chi connectivity index (χ2v) is 8.41. The monoisotopic (exact) mass is 395 g/mol. The van der Waals surface area contributed by atoms with E-state index < -0.39 is 0 Å². The van der Waals surface area contributed by atoms with Crippen LogP contribution in [0.4, 0.5) is 11.6 Å². The Labute approximate surface area is 170 Å². The van der Waals surface area contributed by atoms with Crippen LogP contribution in [-0.2, 0) is 20.1 Å². The Morgan fingerprint density at radius 2 is 1.79 bits per heavy atom. The van der Waals surface area contributed by atoms with Gasteiger partial charge in [0.1, 0.15) is 0 Å². The predicted octanol–water partition coefficient (Wildman–Crippen LogP) is 3.10. The first-order valence-electron chi connectivity index (χ1n) is 10.4. The highest BCUT2D eigenvalue weighted by molar-refractivity contribution is 5.77. The largest absolute Gasteiger partial charge is 0.332 e. The van der Waals surface area contributed by atoms with Crippen molar-refractivity contribution in [1.29, 1.82) is 0 Å². The van der Waals surface area contributed by atoms with Crippen LogP contribution in [0.25, 0.3) is 11.2 Å². The molecule has 1 aliphatic heterocycles. The maximum absolute atomic E-state index is 13.3. The summed E-state index contributed by atoms with van der Waals surface area (Å²) in [5.74, 6) is 1.09. The third-order valence-electron chi connectivity index (χ3n) is 5.70. The molecule has 3 heterocycles. The number of hydrogen-bond donors (Lipinski definition) is 0. The van der Waals surface area contributed by atoms with E-state index in [1.54, 1.807) is 7.05 Å². The lowest BCUT2D eigenvalue weighted by Gasteiger charge is -2.33. The molecule has 7 nitrogen and oxygen atoms in total. The molecule has 7 heteroatoms. The maximum atomic E-state index is 13.3. The van der Waals surface area contributed by atoms with E-state index in [0.29, 0.717) is 30.2 Å². The number of nitrogens with zero attached hydrogens (tertiary/aromatic N) is 5. The molecule has 0 fully saturated rings. The van der Waals surface area contributed by atoms with Crippen molar-refractivity contribution < 1.29 is 0 Å². The van der Waals surface area contributed by atoms with E-state index >= 15 is 0 Å². The van der Waals surface area contributed by atoms with E-state index in [-0.39, 0.29) is 11.2 Å². The average Bonchev–Trinajstić information content (AvgIpc) is 3.04. The zero-order valence-corrected chi connectivity index (χ0v) is 17.9. The number of benzene rings is 1. The molecule has 0 N–H and O–H groups in total. The first-order chi connectivity index (χ1) is 13.8. The number of unbranched alkanes of at least 4 members (excludes halogenated alkanes) is 1. The molecule has 1 aromatic carbocycles. The molecule has 154 valence electrons. The molecule has 0 unspecified atom stereocenters. The predicted molar refractivity (Wildman–Crippen MR) is 116 cm³/mol. The fraction of sp³-hybridized carbons (Fsp3) is 0.500. The normalized spacial score (nSPS) is 16.4. The molecular weight excluding hydrogens is 366 g/mol. The minimum Gasteiger partial charge on any atom is -0.312 e. The summed E-state index contributed by atoms with van der Waals surface area (Å²) in [6.07, 6.45) is 1.72. The number of aryl methyl sites for hydroxylation is 3. The highest BCUT2D eigenvalue weighted by Gasteiger charge is 2.29. The van der Waals surface area contributed by atoms with Crippen molar-refractivity contribution in [1.82, 2.24) is 18.7 Å². The molecule has 1 aliphatic rings. The summed E-state index contributed by atoms with van der Waals surface area (Å²) < 4.78 is 4.88. The van der Waals surface area contributed by atoms with E-state index in [4.69, 9.17) is 4.98 Å². The number of fused-ring (bicyclic) bond motifs is 3. The molecule has 29 heavy (non-hydrogen) atoms. The Bertz CT molecular complexity index is 1180. The van der Waals surface area contributed by atoms with Gasteiger partial charge in [-0.3, -0.25) is 13.9 Å². The summed E-state index contributed by atoms with van der Waals surface area (Å²) in [6, 6.07) is 6.44. The standard InChI is InChI=1S/C22H29N5O2/c1-6-7-8-25-20(28)18-19(24(5)22(25)29)23-21-26(12-16(4)13-27(18)21)17-10-14(2)9-15(3)11-17/h9-11,16H,6-8,12-13H2,1-5H3/t16-/m0/s1. The van der Waals surface area contributed by atoms with Crippen molar-refractivity contribution in [3.05, 3.63) is 50.2 Å². The van der Waals surface area contributed by atoms with E-state index in [0.717, 1.165) is 31.0 Å². The Balaban J connectivity index is 1.98. The number of aromatic nitrogens is 4. The smallest absolute Gasteiger partial charge is 0.312 e. The van der Waals surface area contributed by atoms with Gasteiger partial charge in [0.05, 0.1) is 0 Å². The molecule has 0 aliphatic carbocycles. The molecule has 0 spiro atoms. The van der Waals surface area contributed by atoms with Crippen molar-refractivity contribution in [2.45, 2.75) is 53.6 Å². The van der Waals surface area contributed by atoms with Gasteiger partial charge in [-0.2, -0.15) is 4.98 Å². The highest BCUT2D eigenvalue weighted by Crippen LogP contribution is 2.33. The van der Waals surface area contributed by atoms with Crippen LogP contribution < -0.4 is 16.1 Å². The summed E-state index contributed by atoms with van der Waals surface area (Å²) in [6.45, 7) is 10.4. The van der Waals surface area contributed by atoms with Crippen molar-refractivity contribution >= 4 is 22.8 Å². The Kier molecular flexibility index (Phi) is 4.84. The molecule has 0 saturated carbocycles. The molecule has 2 aromatic heterocycles. The lowest BCUT2D eigenvalue weighted by Crippen LogP contribution is -2.40. The second kappa shape index (κ2) is 7.21. The molecule has 0 bridgehead atoms. The highest BCUT2D eigenvalue weighted by atomic mass is 16.2. The topological polar surface area (TPSA) is 65.1 Å². The summed E-state index contributed by atoms with van der Waals surface area (Å²) in [4.78, 5) is 33.0. The Hall–Kier alpha value is -2.83. The van der Waals surface area contributed by atoms with E-state index in [1.807, 2.05) is 4.57 Å². The van der Waals surface area contributed by atoms with Crippen molar-refractivity contribution in [2.24, 2.45) is 13.0 Å². The van der Waals surface area contributed by atoms with E-state index in [9.17, 15) is 9.59 Å². The molecule has 0 amide bonds. The fourth-order valence-electron chi connectivity index (χ4n) is 4.34. The molecule has 0 radical (unpaired) electrons. The summed E-state index contributed by atoms with van der Waals surface area (Å²) >= 11 is 0. The molecule has 1 atom stereocenters. The van der Waals surface area contributed by atoms with Crippen LogP contribution in [0.2, 0.25) is 0 Å². The summed E-state index contributed by atoms with van der Waals surface area (Å²) in [5, 5.41) is 0. The zero-order chi connectivity index (χ0) is 20.9. The second-order valence-electron chi connectivity index (χ2n) is 8.41. The van der Waals surface area contributed by atoms with Gasteiger partial charge >= 0.3 is 5.69 Å². The van der Waals surface area contributed by atoms with Crippen LogP contribution in [-0.4, -0.2) is 25.2 Å². The third-order valence-corrected chi connectivity index (χ3v) is 5.70. The van der Waals surface area contributed by atoms with Gasteiger partial charge < -0.3 is 9.47 Å². The van der Waals surface area contributed by atoms with E-state index in [2.05, 4.69) is 50.8 Å². The van der Waals surface area contributed by atoms with Gasteiger partial charge in [0.2, 0.25) is 5.95 Å². The van der Waals surface area contributed by atoms with Crippen molar-refractivity contribution in [3.8, 4) is 0 Å². The van der Waals surface area contributed by atoms with Gasteiger partial charge in [-0.1, -0.05) is 26.3 Å². The van der Waals surface area contributed by atoms with Crippen LogP contribution in [0.5, 0.6) is 0 Å². The van der Waals surface area contributed by atoms with Crippen LogP contribution in [0.15, 0.2) is 27.8 Å². The SMILES string of the molecule is CCCCn1c(=O)c2c(nc3n2C[C@@H](C)CN3c2cc(C)cc(C)c2)n(C)c1=O. The van der Waals surface area contributed by atoms with Crippen molar-refractivity contribution in [3.63, 3.8) is 0 Å². The first-order valence-corrected chi connectivity index (χ1v) is 10.4. The molecule has 0 saturated heterocycles. The minimum absolute atomic E-state index is 0.232. The van der Waals surface area contributed by atoms with Crippen LogP contribution in [0.3, 0.4) is 0 Å². The van der Waals surface area contributed by atoms with Gasteiger partial charge in [-0.15, -0.1) is 0 Å². The number of rotatable bonds is 4. The number of anilines is 2. The van der Waals surface area contributed by atoms with Crippen LogP contribution in [0.1, 0.15) is 37.8 Å². The van der Waals surface area contributed by atoms with Gasteiger partial charge in [0.15, 0.2) is 11.2 Å².